The number of hydrogen-bond donors (Lipinski definition) is 1. The predicted octanol–water partition coefficient (Wildman–Crippen LogP) is 5.53. The Kier molecular flexibility index (Phi) is 7.61. The molecule has 0 bridgehead atoms. The van der Waals surface area contributed by atoms with E-state index in [0.29, 0.717) is 0 Å². The minimum atomic E-state index is -4.55. The number of carbonyl (C=O) groups excluding carboxylic acids is 1. The number of rotatable bonds is 6. The number of nitrogens with one attached hydrogen (secondary N) is 1. The van der Waals surface area contributed by atoms with Crippen LogP contribution in [0.1, 0.15) is 40.2 Å². The highest BCUT2D eigenvalue weighted by Gasteiger charge is 2.55. The molecule has 30 heavy (non-hydrogen) atoms. The molecule has 1 aliphatic heterocycles. The van der Waals surface area contributed by atoms with E-state index in [2.05, 4.69) is 5.32 Å². The van der Waals surface area contributed by atoms with E-state index in [4.69, 9.17) is 13.8 Å². The van der Waals surface area contributed by atoms with Crippen LogP contribution in [0.15, 0.2) is 24.3 Å². The third kappa shape index (κ3) is 5.35. The molecular formula is C19H28F3N2O5P. The monoisotopic (exact) mass is 452 g/mol. The average Bonchev–Trinajstić information content (AvgIpc) is 2.63. The first-order valence-electron chi connectivity index (χ1n) is 9.62. The summed E-state index contributed by atoms with van der Waals surface area (Å²) in [6.07, 6.45) is -5.35. The molecular weight excluding hydrogens is 424 g/mol. The van der Waals surface area contributed by atoms with Gasteiger partial charge in [-0.15, -0.1) is 0 Å². The number of benzene rings is 1. The number of anilines is 1. The van der Waals surface area contributed by atoms with Gasteiger partial charge in [-0.3, -0.25) is 9.46 Å². The third-order valence-electron chi connectivity index (χ3n) is 4.64. The molecule has 1 N–H and O–H groups in total. The van der Waals surface area contributed by atoms with Crippen LogP contribution < -0.4 is 5.32 Å². The summed E-state index contributed by atoms with van der Waals surface area (Å²) in [7, 11) is -3.80. The molecule has 0 saturated carbocycles. The summed E-state index contributed by atoms with van der Waals surface area (Å²) in [6, 6.07) is 3.51. The van der Waals surface area contributed by atoms with Gasteiger partial charge in [0.25, 0.3) is 0 Å². The smallest absolute Gasteiger partial charge is 0.358 e. The van der Waals surface area contributed by atoms with Gasteiger partial charge in [-0.05, 0) is 39.0 Å². The number of alkyl halides is 3. The van der Waals surface area contributed by atoms with Gasteiger partial charge in [-0.1, -0.05) is 19.9 Å². The second kappa shape index (κ2) is 9.26. The van der Waals surface area contributed by atoms with Crippen LogP contribution in [0.4, 0.5) is 23.7 Å². The Balaban J connectivity index is 2.42. The van der Waals surface area contributed by atoms with Crippen LogP contribution in [0.5, 0.6) is 0 Å². The molecule has 1 aromatic carbocycles. The summed E-state index contributed by atoms with van der Waals surface area (Å²) in [4.78, 5) is 14.3. The van der Waals surface area contributed by atoms with Crippen LogP contribution in [0.2, 0.25) is 0 Å². The highest BCUT2D eigenvalue weighted by atomic mass is 31.2. The highest BCUT2D eigenvalue weighted by Crippen LogP contribution is 2.61. The molecule has 1 heterocycles. The van der Waals surface area contributed by atoms with Crippen molar-refractivity contribution < 1.29 is 36.3 Å². The first-order chi connectivity index (χ1) is 13.9. The maximum absolute atomic E-state index is 13.6. The first-order valence-corrected chi connectivity index (χ1v) is 11.2. The fourth-order valence-electron chi connectivity index (χ4n) is 3.42. The maximum Gasteiger partial charge on any atom is 0.416 e. The van der Waals surface area contributed by atoms with E-state index >= 15 is 0 Å². The lowest BCUT2D eigenvalue weighted by Gasteiger charge is -2.50. The van der Waals surface area contributed by atoms with Crippen LogP contribution in [0, 0.1) is 5.41 Å². The lowest BCUT2D eigenvalue weighted by molar-refractivity contribution is -0.137. The summed E-state index contributed by atoms with van der Waals surface area (Å²) in [6.45, 7) is 8.83. The van der Waals surface area contributed by atoms with Gasteiger partial charge >= 0.3 is 19.8 Å². The zero-order chi connectivity index (χ0) is 22.7. The minimum absolute atomic E-state index is 0.0493. The summed E-state index contributed by atoms with van der Waals surface area (Å²) >= 11 is 0. The highest BCUT2D eigenvalue weighted by molar-refractivity contribution is 7.54. The van der Waals surface area contributed by atoms with Crippen molar-refractivity contribution >= 4 is 19.3 Å². The number of urea groups is 1. The molecule has 1 fully saturated rings. The van der Waals surface area contributed by atoms with Gasteiger partial charge in [0.05, 0.1) is 25.4 Å². The Morgan fingerprint density at radius 2 is 1.90 bits per heavy atom. The van der Waals surface area contributed by atoms with Crippen LogP contribution in [0.3, 0.4) is 0 Å². The van der Waals surface area contributed by atoms with Gasteiger partial charge in [0.1, 0.15) is 12.0 Å². The standard InChI is InChI=1S/C19H28F3N2O5P/c1-6-28-30(26,29-7-2)16-18(4,5)12-27-13(3)24(16)17(25)23-15-10-8-9-14(11-15)19(20,21)22/h8-11,13,16H,6-7,12H2,1-5H3,(H,23,25). The molecule has 2 atom stereocenters. The first kappa shape index (κ1) is 24.7. The van der Waals surface area contributed by atoms with Gasteiger partial charge < -0.3 is 19.1 Å². The third-order valence-corrected chi connectivity index (χ3v) is 7.43. The molecule has 1 aromatic rings. The second-order valence-electron chi connectivity index (χ2n) is 7.56. The Morgan fingerprint density at radius 1 is 1.30 bits per heavy atom. The number of hydrogen-bond acceptors (Lipinski definition) is 5. The van der Waals surface area contributed by atoms with E-state index in [9.17, 15) is 22.5 Å². The van der Waals surface area contributed by atoms with E-state index in [1.807, 2.05) is 0 Å². The zero-order valence-corrected chi connectivity index (χ0v) is 18.5. The Labute approximate surface area is 174 Å². The Bertz CT molecular complexity index is 793. The van der Waals surface area contributed by atoms with Crippen molar-refractivity contribution in [2.75, 3.05) is 25.1 Å². The lowest BCUT2D eigenvalue weighted by Crippen LogP contribution is -2.60. The molecule has 1 aliphatic rings. The summed E-state index contributed by atoms with van der Waals surface area (Å²) < 4.78 is 69.3. The van der Waals surface area contributed by atoms with Gasteiger partial charge in [0.2, 0.25) is 0 Å². The fourth-order valence-corrected chi connectivity index (χ4v) is 6.03. The van der Waals surface area contributed by atoms with Gasteiger partial charge in [0, 0.05) is 11.1 Å². The number of halogens is 3. The molecule has 0 spiro atoms. The zero-order valence-electron chi connectivity index (χ0n) is 17.7. The molecule has 7 nitrogen and oxygen atoms in total. The van der Waals surface area contributed by atoms with Gasteiger partial charge in [-0.2, -0.15) is 13.2 Å². The van der Waals surface area contributed by atoms with E-state index in [0.717, 1.165) is 12.1 Å². The molecule has 2 rings (SSSR count). The van der Waals surface area contributed by atoms with Crippen molar-refractivity contribution in [2.45, 2.75) is 52.8 Å². The van der Waals surface area contributed by atoms with Gasteiger partial charge in [0.15, 0.2) is 0 Å². The Morgan fingerprint density at radius 3 is 2.43 bits per heavy atom. The number of carbonyl (C=O) groups is 1. The molecule has 0 radical (unpaired) electrons. The Hall–Kier alpha value is -1.61. The van der Waals surface area contributed by atoms with Gasteiger partial charge in [-0.25, -0.2) is 4.79 Å². The molecule has 2 unspecified atom stereocenters. The second-order valence-corrected chi connectivity index (χ2v) is 9.65. The number of ether oxygens (including phenoxy) is 1. The predicted molar refractivity (Wildman–Crippen MR) is 106 cm³/mol. The van der Waals surface area contributed by atoms with Crippen molar-refractivity contribution in [2.24, 2.45) is 5.41 Å². The van der Waals surface area contributed by atoms with Crippen LogP contribution >= 0.6 is 7.60 Å². The number of amides is 2. The van der Waals surface area contributed by atoms with Crippen molar-refractivity contribution in [3.8, 4) is 0 Å². The van der Waals surface area contributed by atoms with Crippen LogP contribution in [-0.2, 0) is 24.5 Å². The average molecular weight is 452 g/mol. The fraction of sp³-hybridized carbons (Fsp3) is 0.632. The van der Waals surface area contributed by atoms with Crippen molar-refractivity contribution in [3.05, 3.63) is 29.8 Å². The maximum atomic E-state index is 13.6. The van der Waals surface area contributed by atoms with Crippen molar-refractivity contribution in [1.29, 1.82) is 0 Å². The summed E-state index contributed by atoms with van der Waals surface area (Å²) in [5.41, 5.74) is -1.75. The van der Waals surface area contributed by atoms with Crippen molar-refractivity contribution in [1.82, 2.24) is 4.90 Å². The topological polar surface area (TPSA) is 77.1 Å². The van der Waals surface area contributed by atoms with E-state index in [-0.39, 0.29) is 25.5 Å². The molecule has 1 saturated heterocycles. The summed E-state index contributed by atoms with van der Waals surface area (Å²) in [5, 5.41) is 2.45. The summed E-state index contributed by atoms with van der Waals surface area (Å²) in [5.74, 6) is -1.00. The largest absolute Gasteiger partial charge is 0.416 e. The van der Waals surface area contributed by atoms with E-state index < -0.39 is 42.8 Å². The van der Waals surface area contributed by atoms with E-state index in [1.165, 1.54) is 17.0 Å². The van der Waals surface area contributed by atoms with Crippen LogP contribution in [-0.4, -0.2) is 42.8 Å². The molecule has 2 amide bonds. The molecule has 0 aromatic heterocycles. The van der Waals surface area contributed by atoms with Crippen LogP contribution in [0.25, 0.3) is 0 Å². The normalized spacial score (nSPS) is 22.1. The van der Waals surface area contributed by atoms with Crippen molar-refractivity contribution in [3.63, 3.8) is 0 Å². The number of nitrogens with zero attached hydrogens (tertiary/aromatic N) is 1. The lowest BCUT2D eigenvalue weighted by atomic mass is 9.92. The molecule has 0 aliphatic carbocycles. The quantitative estimate of drug-likeness (QED) is 0.574. The minimum Gasteiger partial charge on any atom is -0.358 e. The van der Waals surface area contributed by atoms with E-state index in [1.54, 1.807) is 34.6 Å². The SMILES string of the molecule is CCOP(=O)(OCC)C1N(C(=O)Nc2cccc(C(F)(F)F)c2)C(C)OCC1(C)C. The molecule has 11 heteroatoms. The molecule has 170 valence electrons.